The molecule has 1 saturated heterocycles. The molecular weight excluding hydrogens is 437 g/mol. The Morgan fingerprint density at radius 3 is 2.47 bits per heavy atom. The zero-order valence-electron chi connectivity index (χ0n) is 16.9. The van der Waals surface area contributed by atoms with Gasteiger partial charge >= 0.3 is 0 Å². The number of ether oxygens (including phenoxy) is 1. The number of thioether (sulfide) groups is 1. The largest absolute Gasteiger partial charge is 0.484 e. The van der Waals surface area contributed by atoms with Gasteiger partial charge in [0.15, 0.2) is 6.61 Å². The van der Waals surface area contributed by atoms with E-state index < -0.39 is 28.8 Å². The molecule has 0 saturated carbocycles. The van der Waals surface area contributed by atoms with Gasteiger partial charge in [-0.15, -0.1) is 0 Å². The van der Waals surface area contributed by atoms with Gasteiger partial charge in [0.25, 0.3) is 17.1 Å². The second-order valence-corrected chi connectivity index (χ2v) is 7.58. The summed E-state index contributed by atoms with van der Waals surface area (Å²) in [7, 11) is 0. The molecule has 0 aromatic heterocycles. The van der Waals surface area contributed by atoms with Crippen LogP contribution in [0.1, 0.15) is 5.56 Å². The van der Waals surface area contributed by atoms with E-state index in [2.05, 4.69) is 10.6 Å². The molecule has 0 spiro atoms. The van der Waals surface area contributed by atoms with Crippen LogP contribution in [0.25, 0.3) is 6.08 Å². The van der Waals surface area contributed by atoms with Gasteiger partial charge in [0.2, 0.25) is 5.91 Å². The lowest BCUT2D eigenvalue weighted by atomic mass is 10.2. The second-order valence-electron chi connectivity index (χ2n) is 6.58. The van der Waals surface area contributed by atoms with Gasteiger partial charge in [0, 0.05) is 18.7 Å². The molecule has 2 aromatic carbocycles. The summed E-state index contributed by atoms with van der Waals surface area (Å²) in [6.45, 7) is -0.537. The third-order valence-electron chi connectivity index (χ3n) is 4.28. The van der Waals surface area contributed by atoms with Crippen molar-refractivity contribution in [2.45, 2.75) is 0 Å². The van der Waals surface area contributed by atoms with Crippen LogP contribution in [0.3, 0.4) is 0 Å². The van der Waals surface area contributed by atoms with Gasteiger partial charge in [-0.3, -0.25) is 24.1 Å². The van der Waals surface area contributed by atoms with Crippen molar-refractivity contribution in [2.24, 2.45) is 0 Å². The number of halogens is 1. The van der Waals surface area contributed by atoms with Crippen LogP contribution < -0.4 is 15.4 Å². The summed E-state index contributed by atoms with van der Waals surface area (Å²) >= 11 is 0.710. The van der Waals surface area contributed by atoms with E-state index in [0.29, 0.717) is 17.5 Å². The van der Waals surface area contributed by atoms with Crippen molar-refractivity contribution in [2.75, 3.05) is 26.2 Å². The SMILES string of the molecule is O=C(CNC(=O)COc1ccccc1)NCCN1C(=O)S/C(=C\c2ccccc2F)C1=O. The first-order chi connectivity index (χ1) is 15.4. The van der Waals surface area contributed by atoms with Crippen molar-refractivity contribution in [1.29, 1.82) is 0 Å². The van der Waals surface area contributed by atoms with Crippen molar-refractivity contribution in [3.8, 4) is 5.75 Å². The van der Waals surface area contributed by atoms with E-state index in [-0.39, 0.29) is 36.7 Å². The average molecular weight is 457 g/mol. The minimum atomic E-state index is -0.552. The molecule has 0 unspecified atom stereocenters. The number of imide groups is 1. The molecule has 0 aliphatic carbocycles. The van der Waals surface area contributed by atoms with Gasteiger partial charge < -0.3 is 15.4 Å². The van der Waals surface area contributed by atoms with Crippen LogP contribution in [-0.4, -0.2) is 54.1 Å². The maximum Gasteiger partial charge on any atom is 0.293 e. The highest BCUT2D eigenvalue weighted by Crippen LogP contribution is 2.32. The summed E-state index contributed by atoms with van der Waals surface area (Å²) in [5.41, 5.74) is 0.207. The highest BCUT2D eigenvalue weighted by Gasteiger charge is 2.34. The van der Waals surface area contributed by atoms with Crippen molar-refractivity contribution >= 4 is 40.8 Å². The predicted molar refractivity (Wildman–Crippen MR) is 117 cm³/mol. The fraction of sp³-hybridized carbons (Fsp3) is 0.182. The Kier molecular flexibility index (Phi) is 7.98. The van der Waals surface area contributed by atoms with Gasteiger partial charge in [0.1, 0.15) is 11.6 Å². The summed E-state index contributed by atoms with van der Waals surface area (Å²) in [6.07, 6.45) is 1.33. The predicted octanol–water partition coefficient (Wildman–Crippen LogP) is 2.17. The van der Waals surface area contributed by atoms with Crippen LogP contribution >= 0.6 is 11.8 Å². The molecule has 1 fully saturated rings. The maximum absolute atomic E-state index is 13.8. The third kappa shape index (κ3) is 6.42. The number of hydrogen-bond donors (Lipinski definition) is 2. The van der Waals surface area contributed by atoms with Crippen LogP contribution in [-0.2, 0) is 14.4 Å². The van der Waals surface area contributed by atoms with Crippen molar-refractivity contribution in [1.82, 2.24) is 15.5 Å². The Bertz CT molecular complexity index is 1040. The zero-order chi connectivity index (χ0) is 22.9. The molecule has 2 aromatic rings. The molecule has 0 radical (unpaired) electrons. The average Bonchev–Trinajstić information content (AvgIpc) is 3.06. The number of para-hydroxylation sites is 1. The lowest BCUT2D eigenvalue weighted by molar-refractivity contribution is -0.127. The number of hydrogen-bond acceptors (Lipinski definition) is 6. The smallest absolute Gasteiger partial charge is 0.293 e. The molecule has 10 heteroatoms. The van der Waals surface area contributed by atoms with Crippen molar-refractivity contribution in [3.63, 3.8) is 0 Å². The van der Waals surface area contributed by atoms with E-state index in [9.17, 15) is 23.6 Å². The lowest BCUT2D eigenvalue weighted by Crippen LogP contribution is -2.42. The second kappa shape index (κ2) is 11.1. The molecule has 1 aliphatic rings. The molecule has 0 bridgehead atoms. The van der Waals surface area contributed by atoms with Gasteiger partial charge in [-0.2, -0.15) is 0 Å². The summed E-state index contributed by atoms with van der Waals surface area (Å²) < 4.78 is 19.0. The number of benzene rings is 2. The van der Waals surface area contributed by atoms with Crippen molar-refractivity contribution < 1.29 is 28.3 Å². The van der Waals surface area contributed by atoms with Gasteiger partial charge in [-0.1, -0.05) is 36.4 Å². The van der Waals surface area contributed by atoms with Crippen molar-refractivity contribution in [3.05, 3.63) is 70.9 Å². The fourth-order valence-electron chi connectivity index (χ4n) is 2.69. The highest BCUT2D eigenvalue weighted by atomic mass is 32.2. The lowest BCUT2D eigenvalue weighted by Gasteiger charge is -2.13. The number of carbonyl (C=O) groups is 4. The van der Waals surface area contributed by atoms with Gasteiger partial charge in [-0.25, -0.2) is 4.39 Å². The standard InChI is InChI=1S/C22H20FN3O5S/c23-17-9-5-4-6-15(17)12-18-21(29)26(22(30)32-18)11-10-24-19(27)13-25-20(28)14-31-16-7-2-1-3-8-16/h1-9,12H,10-11,13-14H2,(H,24,27)(H,25,28)/b18-12-. The fourth-order valence-corrected chi connectivity index (χ4v) is 3.55. The van der Waals surface area contributed by atoms with E-state index in [0.717, 1.165) is 4.90 Å². The first kappa shape index (κ1) is 23.0. The van der Waals surface area contributed by atoms with Gasteiger partial charge in [0.05, 0.1) is 11.4 Å². The molecule has 2 N–H and O–H groups in total. The Morgan fingerprint density at radius 1 is 1.00 bits per heavy atom. The topological polar surface area (TPSA) is 105 Å². The van der Waals surface area contributed by atoms with Crippen LogP contribution in [0.4, 0.5) is 9.18 Å². The molecular formula is C22H20FN3O5S. The van der Waals surface area contributed by atoms with Gasteiger partial charge in [-0.05, 0) is 36.0 Å². The zero-order valence-corrected chi connectivity index (χ0v) is 17.7. The van der Waals surface area contributed by atoms with Crippen LogP contribution in [0, 0.1) is 5.82 Å². The Balaban J connectivity index is 1.39. The quantitative estimate of drug-likeness (QED) is 0.560. The van der Waals surface area contributed by atoms with Crippen LogP contribution in [0.2, 0.25) is 0 Å². The molecule has 166 valence electrons. The highest BCUT2D eigenvalue weighted by molar-refractivity contribution is 8.18. The number of rotatable bonds is 9. The molecule has 3 rings (SSSR count). The summed E-state index contributed by atoms with van der Waals surface area (Å²) in [5, 5.41) is 4.44. The normalized spacial score (nSPS) is 14.5. The Labute approximate surface area is 187 Å². The first-order valence-corrected chi connectivity index (χ1v) is 10.5. The molecule has 0 atom stereocenters. The number of nitrogens with zero attached hydrogens (tertiary/aromatic N) is 1. The minimum absolute atomic E-state index is 0.0141. The van der Waals surface area contributed by atoms with E-state index in [1.165, 1.54) is 24.3 Å². The van der Waals surface area contributed by atoms with E-state index in [1.807, 2.05) is 6.07 Å². The molecule has 4 amide bonds. The number of carbonyl (C=O) groups excluding carboxylic acids is 4. The minimum Gasteiger partial charge on any atom is -0.484 e. The summed E-state index contributed by atoms with van der Waals surface area (Å²) in [5.74, 6) is -1.46. The van der Waals surface area contributed by atoms with Crippen LogP contribution in [0.5, 0.6) is 5.75 Å². The molecule has 8 nitrogen and oxygen atoms in total. The number of amides is 4. The Hall–Kier alpha value is -3.66. The van der Waals surface area contributed by atoms with Crippen LogP contribution in [0.15, 0.2) is 59.5 Å². The molecule has 1 heterocycles. The van der Waals surface area contributed by atoms with E-state index >= 15 is 0 Å². The van der Waals surface area contributed by atoms with E-state index in [1.54, 1.807) is 30.3 Å². The van der Waals surface area contributed by atoms with E-state index in [4.69, 9.17) is 4.74 Å². The summed E-state index contributed by atoms with van der Waals surface area (Å²) in [6, 6.07) is 14.7. The Morgan fingerprint density at radius 2 is 1.72 bits per heavy atom. The number of nitrogens with one attached hydrogen (secondary N) is 2. The third-order valence-corrected chi connectivity index (χ3v) is 5.19. The monoisotopic (exact) mass is 457 g/mol. The molecule has 1 aliphatic heterocycles. The maximum atomic E-state index is 13.8. The molecule has 32 heavy (non-hydrogen) atoms. The first-order valence-electron chi connectivity index (χ1n) is 9.65. The summed E-state index contributed by atoms with van der Waals surface area (Å²) in [4.78, 5) is 49.2.